The highest BCUT2D eigenvalue weighted by Gasteiger charge is 2.01. The zero-order valence-electron chi connectivity index (χ0n) is 8.89. The van der Waals surface area contributed by atoms with Gasteiger partial charge in [-0.2, -0.15) is 0 Å². The Bertz CT molecular complexity index is 95.8. The van der Waals surface area contributed by atoms with Crippen molar-refractivity contribution in [2.75, 3.05) is 26.8 Å². The van der Waals surface area contributed by atoms with Crippen LogP contribution >= 0.6 is 0 Å². The molecule has 12 heavy (non-hydrogen) atoms. The Morgan fingerprint density at radius 2 is 1.75 bits per heavy atom. The number of hydrogen-bond donors (Lipinski definition) is 1. The van der Waals surface area contributed by atoms with Gasteiger partial charge in [0, 0.05) is 13.7 Å². The highest BCUT2D eigenvalue weighted by Crippen LogP contribution is 1.98. The molecule has 0 saturated heterocycles. The maximum absolute atomic E-state index is 5.05. The first-order valence-electron chi connectivity index (χ1n) is 4.90. The van der Waals surface area contributed by atoms with Crippen molar-refractivity contribution in [2.24, 2.45) is 11.8 Å². The fourth-order valence-electron chi connectivity index (χ4n) is 1.06. The molecule has 1 N–H and O–H groups in total. The number of hydrogen-bond acceptors (Lipinski definition) is 2. The minimum atomic E-state index is 0.624. The van der Waals surface area contributed by atoms with Crippen LogP contribution in [-0.4, -0.2) is 26.8 Å². The van der Waals surface area contributed by atoms with Gasteiger partial charge < -0.3 is 10.1 Å². The topological polar surface area (TPSA) is 21.3 Å². The van der Waals surface area contributed by atoms with E-state index in [1.54, 1.807) is 7.11 Å². The zero-order chi connectivity index (χ0) is 9.40. The van der Waals surface area contributed by atoms with Gasteiger partial charge in [0.05, 0.1) is 0 Å². The molecule has 0 bridgehead atoms. The summed E-state index contributed by atoms with van der Waals surface area (Å²) in [5.74, 6) is 1.42. The molecule has 2 unspecified atom stereocenters. The van der Waals surface area contributed by atoms with Crippen molar-refractivity contribution >= 4 is 0 Å². The average molecular weight is 173 g/mol. The number of methoxy groups -OCH3 is 1. The van der Waals surface area contributed by atoms with Gasteiger partial charge in [-0.1, -0.05) is 27.2 Å². The summed E-state index contributed by atoms with van der Waals surface area (Å²) in [5.41, 5.74) is 0. The fraction of sp³-hybridized carbons (Fsp3) is 1.00. The molecule has 0 amide bonds. The highest BCUT2D eigenvalue weighted by molar-refractivity contribution is 4.58. The summed E-state index contributed by atoms with van der Waals surface area (Å²) in [7, 11) is 1.76. The van der Waals surface area contributed by atoms with Crippen LogP contribution < -0.4 is 5.32 Å². The molecule has 0 aromatic heterocycles. The van der Waals surface area contributed by atoms with Gasteiger partial charge >= 0.3 is 0 Å². The largest absolute Gasteiger partial charge is 0.384 e. The summed E-state index contributed by atoms with van der Waals surface area (Å²) in [4.78, 5) is 0. The van der Waals surface area contributed by atoms with E-state index in [9.17, 15) is 0 Å². The first-order valence-corrected chi connectivity index (χ1v) is 4.90. The second-order valence-corrected chi connectivity index (χ2v) is 3.73. The van der Waals surface area contributed by atoms with Gasteiger partial charge in [-0.3, -0.25) is 0 Å². The van der Waals surface area contributed by atoms with Crippen LogP contribution in [0.3, 0.4) is 0 Å². The van der Waals surface area contributed by atoms with Gasteiger partial charge in [0.2, 0.25) is 0 Å². The van der Waals surface area contributed by atoms with E-state index >= 15 is 0 Å². The molecular weight excluding hydrogens is 150 g/mol. The van der Waals surface area contributed by atoms with Crippen molar-refractivity contribution in [2.45, 2.75) is 27.2 Å². The monoisotopic (exact) mass is 173 g/mol. The van der Waals surface area contributed by atoms with Crippen LogP contribution in [0.5, 0.6) is 0 Å². The molecular formula is C10H23NO. The SMILES string of the molecule is CCC(C)CNCC(C)COC. The molecule has 0 rings (SSSR count). The maximum Gasteiger partial charge on any atom is 0.0499 e. The Balaban J connectivity index is 3.18. The van der Waals surface area contributed by atoms with E-state index in [0.717, 1.165) is 25.6 Å². The molecule has 0 spiro atoms. The fourth-order valence-corrected chi connectivity index (χ4v) is 1.06. The van der Waals surface area contributed by atoms with E-state index in [0.29, 0.717) is 5.92 Å². The summed E-state index contributed by atoms with van der Waals surface area (Å²) in [6.45, 7) is 9.75. The molecule has 74 valence electrons. The molecule has 0 fully saturated rings. The van der Waals surface area contributed by atoms with Crippen molar-refractivity contribution < 1.29 is 4.74 Å². The van der Waals surface area contributed by atoms with E-state index in [4.69, 9.17) is 4.74 Å². The molecule has 2 atom stereocenters. The van der Waals surface area contributed by atoms with Gasteiger partial charge in [0.15, 0.2) is 0 Å². The van der Waals surface area contributed by atoms with E-state index in [1.807, 2.05) is 0 Å². The molecule has 0 saturated carbocycles. The van der Waals surface area contributed by atoms with E-state index in [-0.39, 0.29) is 0 Å². The normalized spacial score (nSPS) is 16.0. The van der Waals surface area contributed by atoms with Crippen LogP contribution in [0.1, 0.15) is 27.2 Å². The van der Waals surface area contributed by atoms with Crippen LogP contribution in [0, 0.1) is 11.8 Å². The standard InChI is InChI=1S/C10H23NO/c1-5-9(2)6-11-7-10(3)8-12-4/h9-11H,5-8H2,1-4H3. The Morgan fingerprint density at radius 3 is 2.25 bits per heavy atom. The molecule has 0 radical (unpaired) electrons. The number of nitrogens with one attached hydrogen (secondary N) is 1. The van der Waals surface area contributed by atoms with Crippen molar-refractivity contribution in [3.63, 3.8) is 0 Å². The van der Waals surface area contributed by atoms with Gasteiger partial charge in [-0.05, 0) is 24.9 Å². The van der Waals surface area contributed by atoms with Gasteiger partial charge in [-0.25, -0.2) is 0 Å². The third-order valence-corrected chi connectivity index (χ3v) is 2.13. The molecule has 0 aromatic rings. The molecule has 2 heteroatoms. The molecule has 0 aliphatic heterocycles. The van der Waals surface area contributed by atoms with Crippen molar-refractivity contribution in [3.05, 3.63) is 0 Å². The van der Waals surface area contributed by atoms with Crippen molar-refractivity contribution in [1.29, 1.82) is 0 Å². The lowest BCUT2D eigenvalue weighted by molar-refractivity contribution is 0.158. The maximum atomic E-state index is 5.05. The second kappa shape index (κ2) is 7.56. The van der Waals surface area contributed by atoms with E-state index in [2.05, 4.69) is 26.1 Å². The lowest BCUT2D eigenvalue weighted by Gasteiger charge is -2.13. The highest BCUT2D eigenvalue weighted by atomic mass is 16.5. The molecule has 0 aliphatic rings. The molecule has 2 nitrogen and oxygen atoms in total. The summed E-state index contributed by atoms with van der Waals surface area (Å²) < 4.78 is 5.05. The summed E-state index contributed by atoms with van der Waals surface area (Å²) in [6.07, 6.45) is 1.26. The van der Waals surface area contributed by atoms with Gasteiger partial charge in [0.1, 0.15) is 0 Å². The minimum absolute atomic E-state index is 0.624. The van der Waals surface area contributed by atoms with Crippen LogP contribution in [0.4, 0.5) is 0 Å². The Hall–Kier alpha value is -0.0800. The number of ether oxygens (including phenoxy) is 1. The summed E-state index contributed by atoms with van der Waals surface area (Å²) in [5, 5.41) is 3.44. The lowest BCUT2D eigenvalue weighted by atomic mass is 10.1. The number of rotatable bonds is 7. The summed E-state index contributed by atoms with van der Waals surface area (Å²) in [6, 6.07) is 0. The van der Waals surface area contributed by atoms with Crippen LogP contribution in [-0.2, 0) is 4.74 Å². The lowest BCUT2D eigenvalue weighted by Crippen LogP contribution is -2.27. The first-order chi connectivity index (χ1) is 5.70. The zero-order valence-corrected chi connectivity index (χ0v) is 8.89. The van der Waals surface area contributed by atoms with E-state index < -0.39 is 0 Å². The quantitative estimate of drug-likeness (QED) is 0.635. The second-order valence-electron chi connectivity index (χ2n) is 3.73. The van der Waals surface area contributed by atoms with Crippen LogP contribution in [0.25, 0.3) is 0 Å². The average Bonchev–Trinajstić information content (AvgIpc) is 2.04. The first kappa shape index (κ1) is 11.9. The molecule has 0 aromatic carbocycles. The van der Waals surface area contributed by atoms with E-state index in [1.165, 1.54) is 6.42 Å². The smallest absolute Gasteiger partial charge is 0.0499 e. The van der Waals surface area contributed by atoms with Crippen molar-refractivity contribution in [1.82, 2.24) is 5.32 Å². The van der Waals surface area contributed by atoms with Gasteiger partial charge in [0.25, 0.3) is 0 Å². The Morgan fingerprint density at radius 1 is 1.17 bits per heavy atom. The third kappa shape index (κ3) is 6.62. The predicted molar refractivity (Wildman–Crippen MR) is 53.4 cm³/mol. The predicted octanol–water partition coefficient (Wildman–Crippen LogP) is 1.90. The Labute approximate surface area is 76.7 Å². The third-order valence-electron chi connectivity index (χ3n) is 2.13. The molecule has 0 heterocycles. The Kier molecular flexibility index (Phi) is 7.51. The molecule has 0 aliphatic carbocycles. The summed E-state index contributed by atoms with van der Waals surface area (Å²) >= 11 is 0. The van der Waals surface area contributed by atoms with Crippen molar-refractivity contribution in [3.8, 4) is 0 Å². The van der Waals surface area contributed by atoms with Crippen LogP contribution in [0.2, 0.25) is 0 Å². The minimum Gasteiger partial charge on any atom is -0.384 e. The van der Waals surface area contributed by atoms with Crippen LogP contribution in [0.15, 0.2) is 0 Å². The van der Waals surface area contributed by atoms with Gasteiger partial charge in [-0.15, -0.1) is 0 Å².